The molecule has 1 aromatic heterocycles. The van der Waals surface area contributed by atoms with Crippen LogP contribution >= 0.6 is 0 Å². The maximum absolute atomic E-state index is 13.6. The van der Waals surface area contributed by atoms with Crippen LogP contribution in [-0.4, -0.2) is 104 Å². The number of hydrogen-bond donors (Lipinski definition) is 2. The first-order valence-electron chi connectivity index (χ1n) is 11.1. The van der Waals surface area contributed by atoms with Crippen LogP contribution in [-0.2, 0) is 20.9 Å². The quantitative estimate of drug-likeness (QED) is 0.605. The highest BCUT2D eigenvalue weighted by Gasteiger charge is 2.45. The van der Waals surface area contributed by atoms with Gasteiger partial charge in [-0.1, -0.05) is 26.0 Å². The highest BCUT2D eigenvalue weighted by Crippen LogP contribution is 2.34. The van der Waals surface area contributed by atoms with E-state index in [0.717, 1.165) is 18.8 Å². The van der Waals surface area contributed by atoms with Crippen LogP contribution in [0.5, 0.6) is 0 Å². The van der Waals surface area contributed by atoms with Crippen LogP contribution in [0.15, 0.2) is 6.20 Å². The second-order valence-electron chi connectivity index (χ2n) is 9.75. The highest BCUT2D eigenvalue weighted by molar-refractivity contribution is 5.90. The molecule has 11 nitrogen and oxygen atoms in total. The van der Waals surface area contributed by atoms with Gasteiger partial charge in [-0.2, -0.15) is 0 Å². The summed E-state index contributed by atoms with van der Waals surface area (Å²) in [5.74, 6) is -0.454. The molecule has 2 fully saturated rings. The maximum Gasteiger partial charge on any atom is 0.248 e. The molecule has 3 amide bonds. The largest absolute Gasteiger partial charge is 0.391 e. The Labute approximate surface area is 188 Å². The van der Waals surface area contributed by atoms with Gasteiger partial charge in [0.25, 0.3) is 0 Å². The molecular weight excluding hydrogens is 414 g/mol. The molecule has 11 heteroatoms. The van der Waals surface area contributed by atoms with Crippen molar-refractivity contribution >= 4 is 17.7 Å². The Balaban J connectivity index is 1.75. The second kappa shape index (κ2) is 9.53. The zero-order valence-corrected chi connectivity index (χ0v) is 19.6. The number of nitrogens with one attached hydrogen (secondary N) is 1. The number of aromatic nitrogens is 3. The minimum atomic E-state index is -0.734. The van der Waals surface area contributed by atoms with Gasteiger partial charge in [-0.3, -0.25) is 19.3 Å². The molecule has 178 valence electrons. The van der Waals surface area contributed by atoms with Crippen molar-refractivity contribution in [1.29, 1.82) is 0 Å². The standard InChI is InChI=1S/C21H35N7O4/c1-14(29)26-8-6-25(7-9-26)11-15-12-28(24-23-15)18(21(2,3)4)20(32)27-13-16(30)10-17(27)19(31)22-5/h12,16-18,30H,6-11,13H2,1-5H3,(H,22,31)/t16?,17-,18?/m1/s1. The van der Waals surface area contributed by atoms with Gasteiger partial charge in [0.2, 0.25) is 17.7 Å². The molecule has 0 aliphatic carbocycles. The molecule has 3 atom stereocenters. The summed E-state index contributed by atoms with van der Waals surface area (Å²) < 4.78 is 1.58. The lowest BCUT2D eigenvalue weighted by Gasteiger charge is -2.34. The van der Waals surface area contributed by atoms with Gasteiger partial charge in [-0.25, -0.2) is 4.68 Å². The molecule has 2 unspecified atom stereocenters. The lowest BCUT2D eigenvalue weighted by Crippen LogP contribution is -2.49. The number of nitrogens with zero attached hydrogens (tertiary/aromatic N) is 6. The number of hydrogen-bond acceptors (Lipinski definition) is 7. The first kappa shape index (κ1) is 24.1. The van der Waals surface area contributed by atoms with Crippen molar-refractivity contribution in [2.24, 2.45) is 5.41 Å². The highest BCUT2D eigenvalue weighted by atomic mass is 16.3. The van der Waals surface area contributed by atoms with Gasteiger partial charge in [0.05, 0.1) is 18.0 Å². The number of aliphatic hydroxyl groups excluding tert-OH is 1. The van der Waals surface area contributed by atoms with Crippen molar-refractivity contribution < 1.29 is 19.5 Å². The predicted molar refractivity (Wildman–Crippen MR) is 116 cm³/mol. The van der Waals surface area contributed by atoms with Crippen LogP contribution in [0, 0.1) is 5.41 Å². The van der Waals surface area contributed by atoms with Crippen molar-refractivity contribution in [3.8, 4) is 0 Å². The molecule has 3 rings (SSSR count). The smallest absolute Gasteiger partial charge is 0.248 e. The number of piperazine rings is 1. The monoisotopic (exact) mass is 449 g/mol. The first-order valence-corrected chi connectivity index (χ1v) is 11.1. The van der Waals surface area contributed by atoms with E-state index in [4.69, 9.17) is 0 Å². The van der Waals surface area contributed by atoms with E-state index in [9.17, 15) is 19.5 Å². The SMILES string of the molecule is CNC(=O)[C@H]1CC(O)CN1C(=O)C(n1cc(CN2CCN(C(C)=O)CC2)nn1)C(C)(C)C. The number of β-amino-alcohol motifs (C(OH)–C–C–N with tert-alkyl or cyclic N) is 1. The van der Waals surface area contributed by atoms with Gasteiger partial charge in [-0.15, -0.1) is 5.10 Å². The molecule has 32 heavy (non-hydrogen) atoms. The van der Waals surface area contributed by atoms with Gasteiger partial charge in [-0.05, 0) is 5.41 Å². The Morgan fingerprint density at radius 2 is 1.88 bits per heavy atom. The Morgan fingerprint density at radius 3 is 2.44 bits per heavy atom. The summed E-state index contributed by atoms with van der Waals surface area (Å²) in [5.41, 5.74) is 0.253. The van der Waals surface area contributed by atoms with Gasteiger partial charge >= 0.3 is 0 Å². The molecule has 0 spiro atoms. The van der Waals surface area contributed by atoms with E-state index in [1.54, 1.807) is 17.8 Å². The van der Waals surface area contributed by atoms with Gasteiger partial charge < -0.3 is 20.2 Å². The van der Waals surface area contributed by atoms with E-state index in [1.165, 1.54) is 11.9 Å². The number of carbonyl (C=O) groups is 3. The topological polar surface area (TPSA) is 124 Å². The molecule has 2 saturated heterocycles. The fraction of sp³-hybridized carbons (Fsp3) is 0.762. The van der Waals surface area contributed by atoms with Gasteiger partial charge in [0.1, 0.15) is 12.1 Å². The van der Waals surface area contributed by atoms with Crippen LogP contribution in [0.2, 0.25) is 0 Å². The van der Waals surface area contributed by atoms with E-state index in [2.05, 4.69) is 20.5 Å². The maximum atomic E-state index is 13.6. The summed E-state index contributed by atoms with van der Waals surface area (Å²) in [5, 5.41) is 21.2. The first-order chi connectivity index (χ1) is 15.0. The molecule has 3 heterocycles. The number of likely N-dealkylation sites (tertiary alicyclic amines) is 1. The van der Waals surface area contributed by atoms with E-state index in [-0.39, 0.29) is 30.7 Å². The van der Waals surface area contributed by atoms with Crippen LogP contribution in [0.4, 0.5) is 0 Å². The minimum Gasteiger partial charge on any atom is -0.391 e. The van der Waals surface area contributed by atoms with Crippen molar-refractivity contribution in [3.05, 3.63) is 11.9 Å². The lowest BCUT2D eigenvalue weighted by atomic mass is 9.85. The molecule has 0 saturated carbocycles. The van der Waals surface area contributed by atoms with Crippen molar-refractivity contribution in [3.63, 3.8) is 0 Å². The van der Waals surface area contributed by atoms with Crippen molar-refractivity contribution in [2.75, 3.05) is 39.8 Å². The molecule has 0 aromatic carbocycles. The summed E-state index contributed by atoms with van der Waals surface area (Å²) >= 11 is 0. The van der Waals surface area contributed by atoms with Gasteiger partial charge in [0, 0.05) is 59.7 Å². The molecule has 0 radical (unpaired) electrons. The predicted octanol–water partition coefficient (Wildman–Crippen LogP) is -0.763. The summed E-state index contributed by atoms with van der Waals surface area (Å²) in [7, 11) is 1.52. The molecule has 2 aliphatic heterocycles. The second-order valence-corrected chi connectivity index (χ2v) is 9.75. The number of amides is 3. The summed E-state index contributed by atoms with van der Waals surface area (Å²) in [6.45, 7) is 11.0. The third-order valence-corrected chi connectivity index (χ3v) is 6.19. The van der Waals surface area contributed by atoms with E-state index in [1.807, 2.05) is 25.7 Å². The average molecular weight is 450 g/mol. The third-order valence-electron chi connectivity index (χ3n) is 6.19. The number of likely N-dealkylation sites (N-methyl/N-ethyl adjacent to an activating group) is 1. The molecule has 2 aliphatic rings. The number of rotatable bonds is 5. The van der Waals surface area contributed by atoms with Crippen molar-refractivity contribution in [1.82, 2.24) is 35.0 Å². The van der Waals surface area contributed by atoms with Crippen molar-refractivity contribution in [2.45, 2.75) is 58.8 Å². The lowest BCUT2D eigenvalue weighted by molar-refractivity contribution is -0.144. The summed E-state index contributed by atoms with van der Waals surface area (Å²) in [6.07, 6.45) is 1.27. The third kappa shape index (κ3) is 5.26. The normalized spacial score (nSPS) is 23.3. The van der Waals surface area contributed by atoms with E-state index < -0.39 is 23.6 Å². The van der Waals surface area contributed by atoms with E-state index in [0.29, 0.717) is 19.6 Å². The Morgan fingerprint density at radius 1 is 1.22 bits per heavy atom. The van der Waals surface area contributed by atoms with Crippen LogP contribution in [0.1, 0.15) is 45.9 Å². The van der Waals surface area contributed by atoms with Crippen LogP contribution in [0.3, 0.4) is 0 Å². The molecule has 1 aromatic rings. The summed E-state index contributed by atoms with van der Waals surface area (Å²) in [4.78, 5) is 42.9. The Kier molecular flexibility index (Phi) is 7.19. The minimum absolute atomic E-state index is 0.0872. The Bertz CT molecular complexity index is 841. The van der Waals surface area contributed by atoms with E-state index >= 15 is 0 Å². The van der Waals surface area contributed by atoms with Gasteiger partial charge in [0.15, 0.2) is 0 Å². The zero-order chi connectivity index (χ0) is 23.6. The summed E-state index contributed by atoms with van der Waals surface area (Å²) in [6, 6.07) is -1.37. The number of carbonyl (C=O) groups excluding carboxylic acids is 3. The number of aliphatic hydroxyl groups is 1. The van der Waals surface area contributed by atoms with Crippen LogP contribution < -0.4 is 5.32 Å². The molecular formula is C21H35N7O4. The molecule has 2 N–H and O–H groups in total. The fourth-order valence-corrected chi connectivity index (χ4v) is 4.47. The van der Waals surface area contributed by atoms with Crippen LogP contribution in [0.25, 0.3) is 0 Å². The average Bonchev–Trinajstić information content (AvgIpc) is 3.33. The molecule has 0 bridgehead atoms. The fourth-order valence-electron chi connectivity index (χ4n) is 4.47. The Hall–Kier alpha value is -2.53. The zero-order valence-electron chi connectivity index (χ0n) is 19.6.